The molecule has 0 atom stereocenters. The molecular formula is C48H35ClF6N6O3. The Morgan fingerprint density at radius 2 is 0.750 bits per heavy atom. The first-order valence-electron chi connectivity index (χ1n) is 19.1. The van der Waals surface area contributed by atoms with E-state index in [1.165, 1.54) is 54.6 Å². The molecule has 9 aromatic rings. The van der Waals surface area contributed by atoms with Crippen molar-refractivity contribution < 1.29 is 40.7 Å². The average molecular weight is 893 g/mol. The van der Waals surface area contributed by atoms with Crippen molar-refractivity contribution in [2.75, 3.05) is 0 Å². The summed E-state index contributed by atoms with van der Waals surface area (Å²) >= 11 is 5.88. The Hall–Kier alpha value is -7.78. The quantitative estimate of drug-likeness (QED) is 0.0913. The molecule has 6 aromatic carbocycles. The van der Waals surface area contributed by atoms with E-state index < -0.39 is 41.0 Å². The first-order valence-corrected chi connectivity index (χ1v) is 19.5. The number of nitrogens with two attached hydrogens (primary N) is 3. The maximum atomic E-state index is 13.9. The van der Waals surface area contributed by atoms with Crippen molar-refractivity contribution in [3.8, 4) is 33.4 Å². The number of H-pyrrole nitrogens is 3. The molecule has 0 spiro atoms. The fourth-order valence-electron chi connectivity index (χ4n) is 7.52. The Morgan fingerprint density at radius 3 is 1.09 bits per heavy atom. The smallest absolute Gasteiger partial charge is 0.265 e. The SMILES string of the molecule is Cc1c(C(N)=O)[nH]c2c(-c3ccc(Cl)cc3)cc(F)cc12.Cc1c(C(N)=O)[nH]c2c(-c3ccc(F)c(F)c3)cc(F)cc12.Cc1c(C(N)=O)[nH]c2c(-c3ccc(F)cc3)cc(F)cc12. The lowest BCUT2D eigenvalue weighted by Crippen LogP contribution is -2.12. The fourth-order valence-corrected chi connectivity index (χ4v) is 7.64. The monoisotopic (exact) mass is 892 g/mol. The van der Waals surface area contributed by atoms with Gasteiger partial charge in [-0.2, -0.15) is 0 Å². The summed E-state index contributed by atoms with van der Waals surface area (Å²) in [5.74, 6) is -5.58. The predicted octanol–water partition coefficient (Wildman–Crippen LogP) is 11.2. The number of nitrogens with one attached hydrogen (secondary N) is 3. The summed E-state index contributed by atoms with van der Waals surface area (Å²) in [6.45, 7) is 5.07. The third kappa shape index (κ3) is 8.65. The summed E-state index contributed by atoms with van der Waals surface area (Å²) in [6.07, 6.45) is 0. The number of aromatic amines is 3. The van der Waals surface area contributed by atoms with Gasteiger partial charge in [0.05, 0.1) is 16.6 Å². The minimum absolute atomic E-state index is 0.157. The zero-order chi connectivity index (χ0) is 46.3. The fraction of sp³-hybridized carbons (Fsp3) is 0.0625. The van der Waals surface area contributed by atoms with Crippen LogP contribution in [0.25, 0.3) is 66.1 Å². The van der Waals surface area contributed by atoms with Gasteiger partial charge >= 0.3 is 0 Å². The van der Waals surface area contributed by atoms with Crippen LogP contribution >= 0.6 is 11.6 Å². The van der Waals surface area contributed by atoms with Crippen molar-refractivity contribution in [1.82, 2.24) is 15.0 Å². The molecule has 0 radical (unpaired) electrons. The maximum Gasteiger partial charge on any atom is 0.265 e. The topological polar surface area (TPSA) is 177 Å². The third-order valence-electron chi connectivity index (χ3n) is 10.7. The van der Waals surface area contributed by atoms with Crippen LogP contribution in [0.3, 0.4) is 0 Å². The lowest BCUT2D eigenvalue weighted by Gasteiger charge is -2.05. The number of aryl methyl sites for hydroxylation is 3. The van der Waals surface area contributed by atoms with Gasteiger partial charge in [-0.1, -0.05) is 41.9 Å². The Labute approximate surface area is 364 Å². The Kier molecular flexibility index (Phi) is 12.1. The van der Waals surface area contributed by atoms with Gasteiger partial charge in [0.1, 0.15) is 40.4 Å². The minimum atomic E-state index is -1.03. The Balaban J connectivity index is 0.000000144. The largest absolute Gasteiger partial charge is 0.364 e. The highest BCUT2D eigenvalue weighted by Crippen LogP contribution is 2.36. The highest BCUT2D eigenvalue weighted by molar-refractivity contribution is 6.30. The second kappa shape index (κ2) is 17.5. The van der Waals surface area contributed by atoms with Crippen LogP contribution in [-0.4, -0.2) is 32.7 Å². The average Bonchev–Trinajstić information content (AvgIpc) is 3.89. The van der Waals surface area contributed by atoms with Crippen LogP contribution < -0.4 is 17.2 Å². The minimum Gasteiger partial charge on any atom is -0.364 e. The summed E-state index contributed by atoms with van der Waals surface area (Å²) in [4.78, 5) is 43.0. The van der Waals surface area contributed by atoms with Crippen molar-refractivity contribution in [1.29, 1.82) is 0 Å². The van der Waals surface area contributed by atoms with E-state index in [0.29, 0.717) is 87.9 Å². The summed E-state index contributed by atoms with van der Waals surface area (Å²) < 4.78 is 81.1. The van der Waals surface area contributed by atoms with Crippen LogP contribution in [-0.2, 0) is 0 Å². The molecule has 0 aliphatic heterocycles. The van der Waals surface area contributed by atoms with E-state index in [2.05, 4.69) is 15.0 Å². The lowest BCUT2D eigenvalue weighted by molar-refractivity contribution is 0.0987. The molecule has 9 nitrogen and oxygen atoms in total. The van der Waals surface area contributed by atoms with Crippen molar-refractivity contribution >= 4 is 62.0 Å². The van der Waals surface area contributed by atoms with Gasteiger partial charge in [-0.25, -0.2) is 26.3 Å². The van der Waals surface area contributed by atoms with E-state index in [9.17, 15) is 40.7 Å². The van der Waals surface area contributed by atoms with E-state index in [-0.39, 0.29) is 23.0 Å². The summed E-state index contributed by atoms with van der Waals surface area (Å²) in [5, 5.41) is 2.30. The van der Waals surface area contributed by atoms with Crippen molar-refractivity contribution in [2.45, 2.75) is 20.8 Å². The second-order valence-electron chi connectivity index (χ2n) is 14.7. The van der Waals surface area contributed by atoms with E-state index in [1.54, 1.807) is 57.2 Å². The number of carbonyl (C=O) groups is 3. The van der Waals surface area contributed by atoms with E-state index in [0.717, 1.165) is 17.7 Å². The van der Waals surface area contributed by atoms with E-state index in [4.69, 9.17) is 28.8 Å². The zero-order valence-electron chi connectivity index (χ0n) is 33.9. The standard InChI is InChI=1S/C16H12ClFN2O.C16H11F3N2O.C16H12F2N2O/c1-8-12-6-11(18)7-13(9-2-4-10(17)5-3-9)15(12)20-14(8)16(19)21;1-7-10-5-9(17)6-11(15(10)21-14(7)16(20)22)8-2-3-12(18)13(19)4-8;1-8-12-6-11(18)7-13(9-2-4-10(17)5-3-9)15(12)20-14(8)16(19)21/h2-7,20H,1H3,(H2,19,21);2-6,21H,1H3,(H2,20,22);2-7,20H,1H3,(H2,19,21). The van der Waals surface area contributed by atoms with Crippen LogP contribution in [0.1, 0.15) is 48.2 Å². The van der Waals surface area contributed by atoms with E-state index >= 15 is 0 Å². The maximum absolute atomic E-state index is 13.9. The molecule has 0 saturated carbocycles. The molecule has 0 aliphatic carbocycles. The number of halogens is 7. The van der Waals surface area contributed by atoms with Crippen molar-refractivity contribution in [3.63, 3.8) is 0 Å². The molecule has 3 heterocycles. The number of primary amides is 3. The van der Waals surface area contributed by atoms with Gasteiger partial charge in [0.25, 0.3) is 17.7 Å². The predicted molar refractivity (Wildman–Crippen MR) is 236 cm³/mol. The van der Waals surface area contributed by atoms with Gasteiger partial charge in [0.2, 0.25) is 0 Å². The van der Waals surface area contributed by atoms with Gasteiger partial charge in [-0.15, -0.1) is 0 Å². The van der Waals surface area contributed by atoms with Crippen LogP contribution in [0.2, 0.25) is 5.02 Å². The Bertz CT molecular complexity index is 3180. The zero-order valence-corrected chi connectivity index (χ0v) is 34.7. The molecule has 0 fully saturated rings. The molecule has 64 heavy (non-hydrogen) atoms. The highest BCUT2D eigenvalue weighted by atomic mass is 35.5. The molecular weight excluding hydrogens is 858 g/mol. The highest BCUT2D eigenvalue weighted by Gasteiger charge is 2.20. The van der Waals surface area contributed by atoms with Gasteiger partial charge in [-0.05, 0) is 127 Å². The number of rotatable bonds is 6. The first kappa shape index (κ1) is 44.3. The normalized spacial score (nSPS) is 11.0. The lowest BCUT2D eigenvalue weighted by atomic mass is 10.0. The number of amides is 3. The number of fused-ring (bicyclic) bond motifs is 3. The van der Waals surface area contributed by atoms with Crippen LogP contribution in [0.15, 0.2) is 103 Å². The molecule has 16 heteroatoms. The molecule has 9 rings (SSSR count). The Morgan fingerprint density at radius 1 is 0.422 bits per heavy atom. The van der Waals surface area contributed by atoms with Crippen molar-refractivity contribution in [3.05, 3.63) is 177 Å². The number of carbonyl (C=O) groups excluding carboxylic acids is 3. The molecule has 0 unspecified atom stereocenters. The number of hydrogen-bond acceptors (Lipinski definition) is 3. The van der Waals surface area contributed by atoms with Gasteiger partial charge in [0, 0.05) is 37.9 Å². The van der Waals surface area contributed by atoms with Crippen molar-refractivity contribution in [2.24, 2.45) is 17.2 Å². The van der Waals surface area contributed by atoms with Gasteiger partial charge in [-0.3, -0.25) is 14.4 Å². The number of hydrogen-bond donors (Lipinski definition) is 6. The van der Waals surface area contributed by atoms with Crippen LogP contribution in [0, 0.1) is 55.7 Å². The third-order valence-corrected chi connectivity index (χ3v) is 10.9. The number of aromatic nitrogens is 3. The first-order chi connectivity index (χ1) is 30.3. The molecule has 0 saturated heterocycles. The summed E-state index contributed by atoms with van der Waals surface area (Å²) in [6, 6.07) is 24.0. The molecule has 0 aliphatic rings. The van der Waals surface area contributed by atoms with Gasteiger partial charge < -0.3 is 32.2 Å². The molecule has 9 N–H and O–H groups in total. The molecule has 0 bridgehead atoms. The molecule has 3 aromatic heterocycles. The summed E-state index contributed by atoms with van der Waals surface area (Å²) in [7, 11) is 0. The number of benzene rings is 6. The molecule has 3 amide bonds. The second-order valence-corrected chi connectivity index (χ2v) is 15.2. The molecule has 324 valence electrons. The van der Waals surface area contributed by atoms with E-state index in [1.807, 2.05) is 0 Å². The van der Waals surface area contributed by atoms with Crippen LogP contribution in [0.5, 0.6) is 0 Å². The van der Waals surface area contributed by atoms with Crippen LogP contribution in [0.4, 0.5) is 26.3 Å². The van der Waals surface area contributed by atoms with Gasteiger partial charge in [0.15, 0.2) is 11.6 Å². The summed E-state index contributed by atoms with van der Waals surface area (Å²) in [5.41, 5.74) is 23.4.